The molecular formula is C15H21N3O. The molecule has 3 saturated heterocycles. The third-order valence-electron chi connectivity index (χ3n) is 4.50. The predicted molar refractivity (Wildman–Crippen MR) is 76.0 cm³/mol. The first-order valence-corrected chi connectivity index (χ1v) is 7.03. The number of fused-ring (bicyclic) bond motifs is 3. The highest BCUT2D eigenvalue weighted by atomic mass is 16.1. The third-order valence-corrected chi connectivity index (χ3v) is 4.50. The van der Waals surface area contributed by atoms with Gasteiger partial charge < -0.3 is 16.0 Å². The Morgan fingerprint density at radius 1 is 1.37 bits per heavy atom. The molecule has 0 radical (unpaired) electrons. The van der Waals surface area contributed by atoms with E-state index in [1.54, 1.807) is 12.1 Å². The second-order valence-electron chi connectivity index (χ2n) is 5.79. The van der Waals surface area contributed by atoms with Crippen molar-refractivity contribution in [3.8, 4) is 0 Å². The van der Waals surface area contributed by atoms with Crippen LogP contribution >= 0.6 is 0 Å². The molecule has 3 aliphatic heterocycles. The van der Waals surface area contributed by atoms with E-state index in [0.29, 0.717) is 17.5 Å². The number of hydrogen-bond acceptors (Lipinski definition) is 3. The number of rotatable bonds is 2. The minimum Gasteiger partial charge on any atom is -0.399 e. The van der Waals surface area contributed by atoms with Crippen LogP contribution in [0.25, 0.3) is 0 Å². The van der Waals surface area contributed by atoms with Gasteiger partial charge in [-0.2, -0.15) is 0 Å². The van der Waals surface area contributed by atoms with Gasteiger partial charge in [-0.05, 0) is 62.5 Å². The maximum Gasteiger partial charge on any atom is 0.251 e. The zero-order valence-corrected chi connectivity index (χ0v) is 11.4. The summed E-state index contributed by atoms with van der Waals surface area (Å²) in [5.41, 5.74) is 8.19. The number of anilines is 1. The van der Waals surface area contributed by atoms with Gasteiger partial charge >= 0.3 is 0 Å². The van der Waals surface area contributed by atoms with Crippen LogP contribution in [0.2, 0.25) is 0 Å². The Morgan fingerprint density at radius 3 is 2.68 bits per heavy atom. The summed E-state index contributed by atoms with van der Waals surface area (Å²) in [5.74, 6) is 0.686. The lowest BCUT2D eigenvalue weighted by Gasteiger charge is -2.44. The molecule has 0 aromatic heterocycles. The first-order valence-electron chi connectivity index (χ1n) is 7.03. The van der Waals surface area contributed by atoms with E-state index in [2.05, 4.69) is 10.2 Å². The Balaban J connectivity index is 1.69. The van der Waals surface area contributed by atoms with Gasteiger partial charge in [0.15, 0.2) is 0 Å². The van der Waals surface area contributed by atoms with E-state index in [0.717, 1.165) is 17.8 Å². The molecule has 3 fully saturated rings. The number of piperidine rings is 3. The lowest BCUT2D eigenvalue weighted by Crippen LogP contribution is -2.57. The van der Waals surface area contributed by atoms with Gasteiger partial charge in [-0.3, -0.25) is 4.79 Å². The van der Waals surface area contributed by atoms with E-state index in [-0.39, 0.29) is 5.91 Å². The first-order chi connectivity index (χ1) is 9.13. The summed E-state index contributed by atoms with van der Waals surface area (Å²) in [6, 6.07) is 5.79. The Morgan fingerprint density at radius 2 is 2.11 bits per heavy atom. The minimum atomic E-state index is 0.0295. The fourth-order valence-electron chi connectivity index (χ4n) is 3.20. The van der Waals surface area contributed by atoms with Gasteiger partial charge in [0.2, 0.25) is 0 Å². The van der Waals surface area contributed by atoms with E-state index >= 15 is 0 Å². The van der Waals surface area contributed by atoms with Crippen molar-refractivity contribution < 1.29 is 4.79 Å². The van der Waals surface area contributed by atoms with E-state index in [4.69, 9.17) is 5.73 Å². The van der Waals surface area contributed by atoms with Gasteiger partial charge in [0.05, 0.1) is 0 Å². The van der Waals surface area contributed by atoms with Gasteiger partial charge in [0, 0.05) is 23.8 Å². The summed E-state index contributed by atoms with van der Waals surface area (Å²) in [4.78, 5) is 14.7. The maximum atomic E-state index is 12.3. The van der Waals surface area contributed by atoms with Crippen LogP contribution in [0.3, 0.4) is 0 Å². The molecule has 4 nitrogen and oxygen atoms in total. The molecule has 0 saturated carbocycles. The number of nitrogens with zero attached hydrogens (tertiary/aromatic N) is 1. The van der Waals surface area contributed by atoms with Crippen LogP contribution in [-0.2, 0) is 0 Å². The highest BCUT2D eigenvalue weighted by Crippen LogP contribution is 2.27. The number of aryl methyl sites for hydroxylation is 1. The molecule has 0 aliphatic carbocycles. The topological polar surface area (TPSA) is 58.4 Å². The van der Waals surface area contributed by atoms with Crippen LogP contribution in [0, 0.1) is 12.8 Å². The fraction of sp³-hybridized carbons (Fsp3) is 0.533. The molecule has 1 aromatic carbocycles. The maximum absolute atomic E-state index is 12.3. The van der Waals surface area contributed by atoms with Crippen molar-refractivity contribution in [2.75, 3.05) is 25.4 Å². The summed E-state index contributed by atoms with van der Waals surface area (Å²) < 4.78 is 0. The smallest absolute Gasteiger partial charge is 0.251 e. The molecule has 4 rings (SSSR count). The highest BCUT2D eigenvalue weighted by molar-refractivity contribution is 5.95. The summed E-state index contributed by atoms with van der Waals surface area (Å²) in [6.45, 7) is 5.32. The van der Waals surface area contributed by atoms with Crippen LogP contribution in [0.1, 0.15) is 28.8 Å². The Kier molecular flexibility index (Phi) is 3.19. The zero-order valence-electron chi connectivity index (χ0n) is 11.4. The van der Waals surface area contributed by atoms with Gasteiger partial charge in [0.25, 0.3) is 5.91 Å². The molecule has 2 bridgehead atoms. The average molecular weight is 259 g/mol. The van der Waals surface area contributed by atoms with Crippen molar-refractivity contribution in [2.24, 2.45) is 5.92 Å². The van der Waals surface area contributed by atoms with Crippen molar-refractivity contribution in [1.82, 2.24) is 10.2 Å². The van der Waals surface area contributed by atoms with E-state index in [9.17, 15) is 4.79 Å². The lowest BCUT2D eigenvalue weighted by molar-refractivity contribution is 0.0620. The molecule has 4 heteroatoms. The fourth-order valence-corrected chi connectivity index (χ4v) is 3.20. The van der Waals surface area contributed by atoms with Gasteiger partial charge in [-0.1, -0.05) is 0 Å². The summed E-state index contributed by atoms with van der Waals surface area (Å²) >= 11 is 0. The van der Waals surface area contributed by atoms with Gasteiger partial charge in [0.1, 0.15) is 0 Å². The molecular weight excluding hydrogens is 238 g/mol. The SMILES string of the molecule is Cc1cc(C(=O)NC2CN3CCC2CC3)ccc1N. The van der Waals surface area contributed by atoms with Crippen LogP contribution in [0.15, 0.2) is 18.2 Å². The van der Waals surface area contributed by atoms with Gasteiger partial charge in [-0.25, -0.2) is 0 Å². The van der Waals surface area contributed by atoms with Crippen molar-refractivity contribution in [3.05, 3.63) is 29.3 Å². The lowest BCUT2D eigenvalue weighted by atomic mass is 9.84. The van der Waals surface area contributed by atoms with Crippen molar-refractivity contribution in [1.29, 1.82) is 0 Å². The standard InChI is InChI=1S/C15H21N3O/c1-10-8-12(2-3-13(10)16)15(19)17-14-9-18-6-4-11(14)5-7-18/h2-3,8,11,14H,4-7,9,16H2,1H3,(H,17,19). The summed E-state index contributed by atoms with van der Waals surface area (Å²) in [7, 11) is 0. The molecule has 3 aliphatic rings. The number of nitrogen functional groups attached to an aromatic ring is 1. The molecule has 1 atom stereocenters. The van der Waals surface area contributed by atoms with E-state index in [1.165, 1.54) is 25.9 Å². The Bertz CT molecular complexity index is 492. The molecule has 19 heavy (non-hydrogen) atoms. The zero-order chi connectivity index (χ0) is 13.4. The van der Waals surface area contributed by atoms with Crippen LogP contribution in [-0.4, -0.2) is 36.5 Å². The molecule has 0 spiro atoms. The molecule has 3 N–H and O–H groups in total. The highest BCUT2D eigenvalue weighted by Gasteiger charge is 2.34. The molecule has 102 valence electrons. The van der Waals surface area contributed by atoms with Crippen LogP contribution in [0.4, 0.5) is 5.69 Å². The first kappa shape index (κ1) is 12.5. The summed E-state index contributed by atoms with van der Waals surface area (Å²) in [6.07, 6.45) is 2.43. The number of carbonyl (C=O) groups excluding carboxylic acids is 1. The quantitative estimate of drug-likeness (QED) is 0.789. The monoisotopic (exact) mass is 259 g/mol. The van der Waals surface area contributed by atoms with Gasteiger partial charge in [-0.15, -0.1) is 0 Å². The number of nitrogens with two attached hydrogens (primary N) is 1. The predicted octanol–water partition coefficient (Wildman–Crippen LogP) is 1.40. The summed E-state index contributed by atoms with van der Waals surface area (Å²) in [5, 5.41) is 3.19. The van der Waals surface area contributed by atoms with Crippen molar-refractivity contribution in [3.63, 3.8) is 0 Å². The second kappa shape index (κ2) is 4.85. The molecule has 1 unspecified atom stereocenters. The average Bonchev–Trinajstić information content (AvgIpc) is 2.43. The third kappa shape index (κ3) is 2.45. The molecule has 3 heterocycles. The van der Waals surface area contributed by atoms with Crippen LogP contribution < -0.4 is 11.1 Å². The van der Waals surface area contributed by atoms with Crippen molar-refractivity contribution >= 4 is 11.6 Å². The number of benzene rings is 1. The minimum absolute atomic E-state index is 0.0295. The largest absolute Gasteiger partial charge is 0.399 e. The number of amides is 1. The molecule has 1 amide bonds. The molecule has 1 aromatic rings. The van der Waals surface area contributed by atoms with Crippen LogP contribution in [0.5, 0.6) is 0 Å². The van der Waals surface area contributed by atoms with E-state index < -0.39 is 0 Å². The van der Waals surface area contributed by atoms with E-state index in [1.807, 2.05) is 13.0 Å². The number of nitrogens with one attached hydrogen (secondary N) is 1. The Hall–Kier alpha value is -1.55. The Labute approximate surface area is 114 Å². The number of carbonyl (C=O) groups is 1. The number of hydrogen-bond donors (Lipinski definition) is 2. The van der Waals surface area contributed by atoms with Crippen molar-refractivity contribution in [2.45, 2.75) is 25.8 Å². The second-order valence-corrected chi connectivity index (χ2v) is 5.79. The normalized spacial score (nSPS) is 29.2.